The Morgan fingerprint density at radius 1 is 1.33 bits per heavy atom. The third-order valence-electron chi connectivity index (χ3n) is 4.51. The van der Waals surface area contributed by atoms with Gasteiger partial charge >= 0.3 is 6.18 Å². The number of likely N-dealkylation sites (tertiary alicyclic amines) is 1. The summed E-state index contributed by atoms with van der Waals surface area (Å²) in [4.78, 5) is 13.8. The van der Waals surface area contributed by atoms with E-state index in [0.29, 0.717) is 31.7 Å². The molecule has 0 unspecified atom stereocenters. The monoisotopic (exact) mass is 339 g/mol. The van der Waals surface area contributed by atoms with E-state index in [2.05, 4.69) is 5.32 Å². The summed E-state index contributed by atoms with van der Waals surface area (Å²) in [7, 11) is 1.83. The van der Waals surface area contributed by atoms with Crippen LogP contribution in [0.15, 0.2) is 30.3 Å². The minimum Gasteiger partial charge on any atom is -0.350 e. The number of aryl methyl sites for hydroxylation is 1. The number of fused-ring (bicyclic) bond motifs is 1. The summed E-state index contributed by atoms with van der Waals surface area (Å²) >= 11 is 0. The van der Waals surface area contributed by atoms with Gasteiger partial charge < -0.3 is 9.88 Å². The van der Waals surface area contributed by atoms with Gasteiger partial charge in [0, 0.05) is 31.0 Å². The maximum Gasteiger partial charge on any atom is 0.401 e. The minimum atomic E-state index is -4.17. The Labute approximate surface area is 138 Å². The highest BCUT2D eigenvalue weighted by atomic mass is 19.4. The van der Waals surface area contributed by atoms with Crippen molar-refractivity contribution < 1.29 is 18.0 Å². The lowest BCUT2D eigenvalue weighted by atomic mass is 10.1. The summed E-state index contributed by atoms with van der Waals surface area (Å²) in [5.41, 5.74) is 1.53. The molecule has 0 aliphatic carbocycles. The second kappa shape index (κ2) is 6.47. The Morgan fingerprint density at radius 2 is 2.08 bits per heavy atom. The van der Waals surface area contributed by atoms with Gasteiger partial charge in [-0.3, -0.25) is 9.69 Å². The number of para-hydroxylation sites is 1. The molecule has 24 heavy (non-hydrogen) atoms. The van der Waals surface area contributed by atoms with Gasteiger partial charge in [0.05, 0.1) is 6.54 Å². The normalized spacial score (nSPS) is 19.1. The molecule has 1 atom stereocenters. The molecule has 1 aliphatic rings. The van der Waals surface area contributed by atoms with Crippen molar-refractivity contribution in [2.45, 2.75) is 12.6 Å². The van der Waals surface area contributed by atoms with Gasteiger partial charge in [-0.05, 0) is 31.0 Å². The first kappa shape index (κ1) is 16.8. The van der Waals surface area contributed by atoms with Gasteiger partial charge in [0.2, 0.25) is 0 Å². The summed E-state index contributed by atoms with van der Waals surface area (Å²) in [6.45, 7) is 0.318. The van der Waals surface area contributed by atoms with Crippen molar-refractivity contribution in [1.82, 2.24) is 14.8 Å². The van der Waals surface area contributed by atoms with Crippen molar-refractivity contribution in [3.05, 3.63) is 36.0 Å². The molecular formula is C17H20F3N3O. The fourth-order valence-corrected chi connectivity index (χ4v) is 3.31. The van der Waals surface area contributed by atoms with Crippen molar-refractivity contribution in [3.63, 3.8) is 0 Å². The van der Waals surface area contributed by atoms with Crippen LogP contribution in [0.25, 0.3) is 10.9 Å². The number of hydrogen-bond acceptors (Lipinski definition) is 2. The highest BCUT2D eigenvalue weighted by Gasteiger charge is 2.34. The molecule has 2 aromatic rings. The van der Waals surface area contributed by atoms with Gasteiger partial charge in [0.25, 0.3) is 5.91 Å². The average molecular weight is 339 g/mol. The first-order chi connectivity index (χ1) is 11.3. The lowest BCUT2D eigenvalue weighted by Crippen LogP contribution is -2.35. The van der Waals surface area contributed by atoms with Gasteiger partial charge in [-0.25, -0.2) is 0 Å². The molecule has 1 N–H and O–H groups in total. The fraction of sp³-hybridized carbons (Fsp3) is 0.471. The van der Waals surface area contributed by atoms with Crippen LogP contribution in [0.4, 0.5) is 13.2 Å². The highest BCUT2D eigenvalue weighted by Crippen LogP contribution is 2.23. The molecule has 130 valence electrons. The van der Waals surface area contributed by atoms with Crippen molar-refractivity contribution >= 4 is 16.8 Å². The number of aromatic nitrogens is 1. The first-order valence-corrected chi connectivity index (χ1v) is 7.95. The second-order valence-electron chi connectivity index (χ2n) is 6.36. The zero-order chi connectivity index (χ0) is 17.3. The number of alkyl halides is 3. The number of rotatable bonds is 4. The third kappa shape index (κ3) is 3.72. The summed E-state index contributed by atoms with van der Waals surface area (Å²) in [5.74, 6) is -0.131. The van der Waals surface area contributed by atoms with E-state index >= 15 is 0 Å². The third-order valence-corrected chi connectivity index (χ3v) is 4.51. The lowest BCUT2D eigenvalue weighted by molar-refractivity contribution is -0.143. The van der Waals surface area contributed by atoms with Crippen LogP contribution in [0.5, 0.6) is 0 Å². The van der Waals surface area contributed by atoms with Gasteiger partial charge in [-0.15, -0.1) is 0 Å². The van der Waals surface area contributed by atoms with Crippen LogP contribution in [0.1, 0.15) is 16.9 Å². The number of halogens is 3. The maximum atomic E-state index is 12.4. The van der Waals surface area contributed by atoms with E-state index < -0.39 is 12.7 Å². The SMILES string of the molecule is Cn1c(C(=O)NC[C@H]2CCN(CC(F)(F)F)C2)cc2ccccc21. The van der Waals surface area contributed by atoms with E-state index in [1.54, 1.807) is 0 Å². The quantitative estimate of drug-likeness (QED) is 0.930. The van der Waals surface area contributed by atoms with Crippen molar-refractivity contribution in [1.29, 1.82) is 0 Å². The molecule has 3 rings (SSSR count). The zero-order valence-corrected chi connectivity index (χ0v) is 13.4. The van der Waals surface area contributed by atoms with Crippen LogP contribution in [-0.4, -0.2) is 47.7 Å². The summed E-state index contributed by atoms with van der Waals surface area (Å²) < 4.78 is 39.0. The van der Waals surface area contributed by atoms with Crippen LogP contribution in [0.3, 0.4) is 0 Å². The molecule has 1 aromatic carbocycles. The number of amides is 1. The van der Waals surface area contributed by atoms with Crippen LogP contribution in [0, 0.1) is 5.92 Å². The highest BCUT2D eigenvalue weighted by molar-refractivity contribution is 5.98. The Morgan fingerprint density at radius 3 is 2.79 bits per heavy atom. The number of carbonyl (C=O) groups is 1. The van der Waals surface area contributed by atoms with E-state index in [0.717, 1.165) is 10.9 Å². The van der Waals surface area contributed by atoms with Crippen LogP contribution in [-0.2, 0) is 7.05 Å². The van der Waals surface area contributed by atoms with E-state index in [-0.39, 0.29) is 11.8 Å². The zero-order valence-electron chi connectivity index (χ0n) is 13.4. The molecule has 1 fully saturated rings. The Balaban J connectivity index is 1.57. The van der Waals surface area contributed by atoms with E-state index in [4.69, 9.17) is 0 Å². The van der Waals surface area contributed by atoms with Crippen LogP contribution in [0.2, 0.25) is 0 Å². The molecule has 2 heterocycles. The molecule has 1 amide bonds. The van der Waals surface area contributed by atoms with E-state index in [1.807, 2.05) is 41.9 Å². The van der Waals surface area contributed by atoms with E-state index in [1.165, 1.54) is 4.90 Å². The van der Waals surface area contributed by atoms with Crippen molar-refractivity contribution in [2.75, 3.05) is 26.2 Å². The lowest BCUT2D eigenvalue weighted by Gasteiger charge is -2.18. The van der Waals surface area contributed by atoms with Gasteiger partial charge in [-0.1, -0.05) is 18.2 Å². The second-order valence-corrected chi connectivity index (χ2v) is 6.36. The largest absolute Gasteiger partial charge is 0.401 e. The summed E-state index contributed by atoms with van der Waals surface area (Å²) in [5, 5.41) is 3.85. The average Bonchev–Trinajstić information content (AvgIpc) is 3.08. The van der Waals surface area contributed by atoms with Crippen LogP contribution >= 0.6 is 0 Å². The maximum absolute atomic E-state index is 12.4. The molecule has 1 aliphatic heterocycles. The summed E-state index contributed by atoms with van der Waals surface area (Å²) in [6.07, 6.45) is -3.49. The van der Waals surface area contributed by atoms with Crippen molar-refractivity contribution in [2.24, 2.45) is 13.0 Å². The topological polar surface area (TPSA) is 37.3 Å². The number of nitrogens with one attached hydrogen (secondary N) is 1. The number of nitrogens with zero attached hydrogens (tertiary/aromatic N) is 2. The molecule has 0 saturated carbocycles. The molecule has 1 aromatic heterocycles. The number of carbonyl (C=O) groups excluding carboxylic acids is 1. The predicted molar refractivity (Wildman–Crippen MR) is 85.9 cm³/mol. The molecule has 1 saturated heterocycles. The Bertz CT molecular complexity index is 738. The van der Waals surface area contributed by atoms with Crippen LogP contribution < -0.4 is 5.32 Å². The minimum absolute atomic E-state index is 0.0611. The number of hydrogen-bond donors (Lipinski definition) is 1. The van der Waals surface area contributed by atoms with Gasteiger partial charge in [0.15, 0.2) is 0 Å². The molecule has 0 bridgehead atoms. The first-order valence-electron chi connectivity index (χ1n) is 7.95. The van der Waals surface area contributed by atoms with Crippen molar-refractivity contribution in [3.8, 4) is 0 Å². The Hall–Kier alpha value is -2.02. The fourth-order valence-electron chi connectivity index (χ4n) is 3.31. The molecular weight excluding hydrogens is 319 g/mol. The van der Waals surface area contributed by atoms with Gasteiger partial charge in [-0.2, -0.15) is 13.2 Å². The predicted octanol–water partition coefficient (Wildman–Crippen LogP) is 2.79. The number of benzene rings is 1. The molecule has 0 radical (unpaired) electrons. The van der Waals surface area contributed by atoms with E-state index in [9.17, 15) is 18.0 Å². The Kier molecular flexibility index (Phi) is 4.54. The standard InChI is InChI=1S/C17H20F3N3O/c1-22-14-5-3-2-4-13(14)8-15(22)16(24)21-9-12-6-7-23(10-12)11-17(18,19)20/h2-5,8,12H,6-7,9-11H2,1H3,(H,21,24)/t12-/m1/s1. The van der Waals surface area contributed by atoms with Gasteiger partial charge in [0.1, 0.15) is 5.69 Å². The molecule has 4 nitrogen and oxygen atoms in total. The summed E-state index contributed by atoms with van der Waals surface area (Å²) in [6, 6.07) is 9.54. The molecule has 0 spiro atoms. The smallest absolute Gasteiger partial charge is 0.350 e. The molecule has 7 heteroatoms.